The summed E-state index contributed by atoms with van der Waals surface area (Å²) in [5.74, 6) is -0.974. The van der Waals surface area contributed by atoms with Gasteiger partial charge in [-0.1, -0.05) is 12.1 Å². The summed E-state index contributed by atoms with van der Waals surface area (Å²) in [5, 5.41) is 17.6. The van der Waals surface area contributed by atoms with Crippen molar-refractivity contribution < 1.29 is 14.3 Å². The first-order valence-electron chi connectivity index (χ1n) is 6.71. The molecule has 106 valence electrons. The fourth-order valence-electron chi connectivity index (χ4n) is 2.62. The summed E-state index contributed by atoms with van der Waals surface area (Å²) in [5.41, 5.74) is 0.601. The Morgan fingerprint density at radius 1 is 1.45 bits per heavy atom. The molecular weight excluding hydrogens is 259 g/mol. The van der Waals surface area contributed by atoms with E-state index in [2.05, 4.69) is 4.90 Å². The molecule has 0 aliphatic carbocycles. The van der Waals surface area contributed by atoms with Gasteiger partial charge < -0.3 is 5.11 Å². The average Bonchev–Trinajstić information content (AvgIpc) is 2.43. The average molecular weight is 276 g/mol. The smallest absolute Gasteiger partial charge is 0.303 e. The van der Waals surface area contributed by atoms with Crippen molar-refractivity contribution in [3.63, 3.8) is 0 Å². The van der Waals surface area contributed by atoms with Crippen LogP contribution >= 0.6 is 0 Å². The predicted octanol–water partition coefficient (Wildman–Crippen LogP) is 2.38. The zero-order chi connectivity index (χ0) is 14.5. The molecule has 0 unspecified atom stereocenters. The van der Waals surface area contributed by atoms with Crippen molar-refractivity contribution in [2.75, 3.05) is 13.1 Å². The van der Waals surface area contributed by atoms with Crippen LogP contribution in [-0.4, -0.2) is 29.1 Å². The van der Waals surface area contributed by atoms with Gasteiger partial charge in [-0.2, -0.15) is 5.26 Å². The summed E-state index contributed by atoms with van der Waals surface area (Å²) >= 11 is 0. The van der Waals surface area contributed by atoms with Gasteiger partial charge in [-0.25, -0.2) is 4.39 Å². The van der Waals surface area contributed by atoms with E-state index in [1.165, 1.54) is 6.07 Å². The topological polar surface area (TPSA) is 64.3 Å². The van der Waals surface area contributed by atoms with Crippen LogP contribution < -0.4 is 0 Å². The van der Waals surface area contributed by atoms with Gasteiger partial charge in [0, 0.05) is 18.5 Å². The molecule has 1 aromatic rings. The van der Waals surface area contributed by atoms with E-state index in [0.29, 0.717) is 12.1 Å². The highest BCUT2D eigenvalue weighted by atomic mass is 19.1. The Balaban J connectivity index is 1.93. The first-order chi connectivity index (χ1) is 9.60. The van der Waals surface area contributed by atoms with E-state index < -0.39 is 11.8 Å². The Kier molecular flexibility index (Phi) is 4.70. The third-order valence-electron chi connectivity index (χ3n) is 3.76. The normalized spacial score (nSPS) is 16.8. The lowest BCUT2D eigenvalue weighted by molar-refractivity contribution is -0.138. The van der Waals surface area contributed by atoms with E-state index in [4.69, 9.17) is 10.4 Å². The third kappa shape index (κ3) is 3.55. The highest BCUT2D eigenvalue weighted by molar-refractivity contribution is 5.67. The Hall–Kier alpha value is -1.93. The Morgan fingerprint density at radius 3 is 2.75 bits per heavy atom. The van der Waals surface area contributed by atoms with Gasteiger partial charge in [0.05, 0.1) is 5.56 Å². The number of hydrogen-bond acceptors (Lipinski definition) is 3. The van der Waals surface area contributed by atoms with Crippen LogP contribution in [0.15, 0.2) is 18.2 Å². The van der Waals surface area contributed by atoms with E-state index in [1.54, 1.807) is 12.1 Å². The van der Waals surface area contributed by atoms with Crippen LogP contribution in [0.3, 0.4) is 0 Å². The molecule has 2 rings (SSSR count). The van der Waals surface area contributed by atoms with Crippen molar-refractivity contribution >= 4 is 5.97 Å². The van der Waals surface area contributed by atoms with Crippen molar-refractivity contribution in [2.45, 2.75) is 25.8 Å². The van der Waals surface area contributed by atoms with Crippen LogP contribution in [0, 0.1) is 23.1 Å². The molecule has 0 amide bonds. The number of nitrogens with zero attached hydrogens (tertiary/aromatic N) is 2. The number of carbonyl (C=O) groups is 1. The first-order valence-corrected chi connectivity index (χ1v) is 6.71. The van der Waals surface area contributed by atoms with Gasteiger partial charge in [0.1, 0.15) is 11.9 Å². The number of aliphatic carboxylic acids is 1. The number of nitriles is 1. The monoisotopic (exact) mass is 276 g/mol. The molecule has 1 aliphatic rings. The van der Waals surface area contributed by atoms with Crippen LogP contribution in [0.5, 0.6) is 0 Å². The van der Waals surface area contributed by atoms with Crippen molar-refractivity contribution in [3.05, 3.63) is 35.1 Å². The molecule has 5 heteroatoms. The SMILES string of the molecule is N#Cc1cccc(CN2CCC(CC(=O)O)CC2)c1F. The van der Waals surface area contributed by atoms with E-state index in [0.717, 1.165) is 25.9 Å². The van der Waals surface area contributed by atoms with Gasteiger partial charge in [-0.15, -0.1) is 0 Å². The highest BCUT2D eigenvalue weighted by Crippen LogP contribution is 2.23. The number of rotatable bonds is 4. The Labute approximate surface area is 117 Å². The minimum Gasteiger partial charge on any atom is -0.481 e. The molecule has 1 fully saturated rings. The van der Waals surface area contributed by atoms with Crippen molar-refractivity contribution in [1.82, 2.24) is 4.90 Å². The molecule has 20 heavy (non-hydrogen) atoms. The number of carboxylic acid groups (broad SMARTS) is 1. The van der Waals surface area contributed by atoms with Crippen molar-refractivity contribution in [1.29, 1.82) is 5.26 Å². The summed E-state index contributed by atoms with van der Waals surface area (Å²) in [6, 6.07) is 6.70. The maximum absolute atomic E-state index is 13.9. The molecule has 0 radical (unpaired) electrons. The van der Waals surface area contributed by atoms with Gasteiger partial charge in [0.2, 0.25) is 0 Å². The number of likely N-dealkylation sites (tertiary alicyclic amines) is 1. The molecule has 0 atom stereocenters. The second-order valence-electron chi connectivity index (χ2n) is 5.21. The largest absolute Gasteiger partial charge is 0.481 e. The van der Waals surface area contributed by atoms with E-state index >= 15 is 0 Å². The van der Waals surface area contributed by atoms with Gasteiger partial charge in [0.15, 0.2) is 0 Å². The minimum atomic E-state index is -0.754. The summed E-state index contributed by atoms with van der Waals surface area (Å²) in [7, 11) is 0. The van der Waals surface area contributed by atoms with Crippen LogP contribution in [0.2, 0.25) is 0 Å². The third-order valence-corrected chi connectivity index (χ3v) is 3.76. The van der Waals surface area contributed by atoms with Crippen LogP contribution in [0.25, 0.3) is 0 Å². The Morgan fingerprint density at radius 2 is 2.15 bits per heavy atom. The highest BCUT2D eigenvalue weighted by Gasteiger charge is 2.22. The molecule has 1 saturated heterocycles. The van der Waals surface area contributed by atoms with Gasteiger partial charge in [-0.3, -0.25) is 9.69 Å². The van der Waals surface area contributed by atoms with E-state index in [1.807, 2.05) is 6.07 Å². The van der Waals surface area contributed by atoms with Gasteiger partial charge in [0.25, 0.3) is 0 Å². The molecule has 0 aromatic heterocycles. The Bertz CT molecular complexity index is 531. The maximum Gasteiger partial charge on any atom is 0.303 e. The molecule has 1 heterocycles. The molecule has 0 saturated carbocycles. The quantitative estimate of drug-likeness (QED) is 0.917. The predicted molar refractivity (Wildman–Crippen MR) is 71.4 cm³/mol. The molecule has 1 aliphatic heterocycles. The van der Waals surface area contributed by atoms with Crippen LogP contribution in [0.1, 0.15) is 30.4 Å². The van der Waals surface area contributed by atoms with Crippen molar-refractivity contribution in [2.24, 2.45) is 5.92 Å². The second-order valence-corrected chi connectivity index (χ2v) is 5.21. The summed E-state index contributed by atoms with van der Waals surface area (Å²) in [6.45, 7) is 2.02. The summed E-state index contributed by atoms with van der Waals surface area (Å²) < 4.78 is 13.9. The van der Waals surface area contributed by atoms with E-state index in [9.17, 15) is 9.18 Å². The number of benzene rings is 1. The second kappa shape index (κ2) is 6.49. The zero-order valence-electron chi connectivity index (χ0n) is 11.2. The molecule has 1 N–H and O–H groups in total. The molecular formula is C15H17FN2O2. The molecule has 1 aromatic carbocycles. The number of carboxylic acids is 1. The fraction of sp³-hybridized carbons (Fsp3) is 0.467. The minimum absolute atomic E-state index is 0.0725. The molecule has 0 bridgehead atoms. The van der Waals surface area contributed by atoms with E-state index in [-0.39, 0.29) is 17.9 Å². The van der Waals surface area contributed by atoms with Crippen LogP contribution in [-0.2, 0) is 11.3 Å². The fourth-order valence-corrected chi connectivity index (χ4v) is 2.62. The summed E-state index contributed by atoms with van der Waals surface area (Å²) in [4.78, 5) is 12.8. The number of piperidine rings is 1. The standard InChI is InChI=1S/C15H17FN2O2/c16-15-12(9-17)2-1-3-13(15)10-18-6-4-11(5-7-18)8-14(19)20/h1-3,11H,4-8,10H2,(H,19,20). The first kappa shape index (κ1) is 14.5. The zero-order valence-corrected chi connectivity index (χ0v) is 11.2. The lowest BCUT2D eigenvalue weighted by atomic mass is 9.93. The van der Waals surface area contributed by atoms with Crippen LogP contribution in [0.4, 0.5) is 4.39 Å². The number of hydrogen-bond donors (Lipinski definition) is 1. The molecule has 4 nitrogen and oxygen atoms in total. The maximum atomic E-state index is 13.9. The summed E-state index contributed by atoms with van der Waals surface area (Å²) in [6.07, 6.45) is 1.86. The van der Waals surface area contributed by atoms with Gasteiger partial charge >= 0.3 is 5.97 Å². The van der Waals surface area contributed by atoms with Gasteiger partial charge in [-0.05, 0) is 37.9 Å². The molecule has 0 spiro atoms. The lowest BCUT2D eigenvalue weighted by Crippen LogP contribution is -2.34. The van der Waals surface area contributed by atoms with Crippen molar-refractivity contribution in [3.8, 4) is 6.07 Å². The lowest BCUT2D eigenvalue weighted by Gasteiger charge is -2.31. The number of halogens is 1.